The summed E-state index contributed by atoms with van der Waals surface area (Å²) in [6.07, 6.45) is -3.99. The third-order valence-electron chi connectivity index (χ3n) is 4.69. The van der Waals surface area contributed by atoms with Gasteiger partial charge in [0.15, 0.2) is 6.10 Å². The zero-order chi connectivity index (χ0) is 24.3. The van der Waals surface area contributed by atoms with E-state index in [0.717, 1.165) is 12.1 Å². The molecule has 34 heavy (non-hydrogen) atoms. The Kier molecular flexibility index (Phi) is 6.31. The lowest BCUT2D eigenvalue weighted by molar-refractivity contribution is -0.137. The van der Waals surface area contributed by atoms with E-state index in [-0.39, 0.29) is 11.6 Å². The van der Waals surface area contributed by atoms with Crippen molar-refractivity contribution in [1.29, 1.82) is 0 Å². The summed E-state index contributed by atoms with van der Waals surface area (Å²) in [5.41, 5.74) is 0.295. The van der Waals surface area contributed by atoms with Crippen LogP contribution in [0.15, 0.2) is 72.9 Å². The van der Waals surface area contributed by atoms with Crippen molar-refractivity contribution in [3.8, 4) is 17.4 Å². The van der Waals surface area contributed by atoms with E-state index in [1.54, 1.807) is 24.3 Å². The Bertz CT molecular complexity index is 1310. The van der Waals surface area contributed by atoms with Crippen LogP contribution in [0.4, 0.5) is 23.2 Å². The summed E-state index contributed by atoms with van der Waals surface area (Å²) in [5, 5.41) is 2.51. The molecule has 174 valence electrons. The quantitative estimate of drug-likeness (QED) is 0.350. The van der Waals surface area contributed by atoms with Gasteiger partial charge in [-0.15, -0.1) is 0 Å². The summed E-state index contributed by atoms with van der Waals surface area (Å²) in [7, 11) is 0. The minimum Gasteiger partial charge on any atom is -0.481 e. The first-order valence-corrected chi connectivity index (χ1v) is 10.0. The van der Waals surface area contributed by atoms with Crippen LogP contribution in [0.1, 0.15) is 12.5 Å². The van der Waals surface area contributed by atoms with Crippen molar-refractivity contribution < 1.29 is 31.8 Å². The number of hydrogen-bond donors (Lipinski definition) is 1. The normalized spacial score (nSPS) is 12.3. The van der Waals surface area contributed by atoms with Crippen LogP contribution in [0, 0.1) is 5.82 Å². The van der Waals surface area contributed by atoms with Crippen LogP contribution >= 0.6 is 0 Å². The number of rotatable bonds is 6. The minimum absolute atomic E-state index is 0.219. The van der Waals surface area contributed by atoms with Crippen molar-refractivity contribution in [3.05, 3.63) is 84.3 Å². The van der Waals surface area contributed by atoms with Gasteiger partial charge in [-0.05, 0) is 67.6 Å². The van der Waals surface area contributed by atoms with Gasteiger partial charge in [-0.2, -0.15) is 13.2 Å². The Morgan fingerprint density at radius 1 is 0.941 bits per heavy atom. The van der Waals surface area contributed by atoms with E-state index in [4.69, 9.17) is 9.47 Å². The number of benzene rings is 3. The maximum atomic E-state index is 13.3. The average Bonchev–Trinajstić information content (AvgIpc) is 2.80. The lowest BCUT2D eigenvalue weighted by atomic mass is 10.2. The van der Waals surface area contributed by atoms with Gasteiger partial charge in [0.25, 0.3) is 5.91 Å². The van der Waals surface area contributed by atoms with E-state index >= 15 is 0 Å². The molecule has 0 aliphatic rings. The van der Waals surface area contributed by atoms with Crippen LogP contribution < -0.4 is 14.8 Å². The van der Waals surface area contributed by atoms with Crippen LogP contribution in [-0.2, 0) is 11.0 Å². The van der Waals surface area contributed by atoms with E-state index in [9.17, 15) is 22.4 Å². The summed E-state index contributed by atoms with van der Waals surface area (Å²) in [6, 6.07) is 14.5. The van der Waals surface area contributed by atoms with Crippen LogP contribution in [-0.4, -0.2) is 22.0 Å². The number of carbonyl (C=O) groups is 1. The van der Waals surface area contributed by atoms with Crippen LogP contribution in [0.2, 0.25) is 0 Å². The summed E-state index contributed by atoms with van der Waals surface area (Å²) < 4.78 is 62.4. The fourth-order valence-electron chi connectivity index (χ4n) is 2.97. The molecule has 0 saturated heterocycles. The van der Waals surface area contributed by atoms with Gasteiger partial charge in [-0.25, -0.2) is 14.4 Å². The fourth-order valence-corrected chi connectivity index (χ4v) is 2.97. The maximum absolute atomic E-state index is 13.3. The predicted octanol–water partition coefficient (Wildman–Crippen LogP) is 5.99. The molecule has 1 unspecified atom stereocenters. The number of anilines is 1. The fraction of sp³-hybridized carbons (Fsp3) is 0.125. The molecule has 0 aliphatic heterocycles. The predicted molar refractivity (Wildman–Crippen MR) is 116 cm³/mol. The number of ether oxygens (including phenoxy) is 2. The number of amides is 1. The molecule has 1 amide bonds. The molecule has 10 heteroatoms. The number of halogens is 4. The van der Waals surface area contributed by atoms with Crippen molar-refractivity contribution >= 4 is 22.6 Å². The van der Waals surface area contributed by atoms with Gasteiger partial charge in [-0.3, -0.25) is 4.79 Å². The largest absolute Gasteiger partial charge is 0.481 e. The number of alkyl halides is 3. The highest BCUT2D eigenvalue weighted by Gasteiger charge is 2.30. The smallest absolute Gasteiger partial charge is 0.416 e. The van der Waals surface area contributed by atoms with Crippen LogP contribution in [0.5, 0.6) is 17.4 Å². The van der Waals surface area contributed by atoms with E-state index < -0.39 is 29.6 Å². The SMILES string of the molecule is CC(Oc1ccc(Oc2cnc3cc(F)ccc3n2)cc1)C(=O)Nc1ccc(C(F)(F)F)cc1. The van der Waals surface area contributed by atoms with Crippen molar-refractivity contribution in [1.82, 2.24) is 9.97 Å². The molecular formula is C24H17F4N3O3. The number of fused-ring (bicyclic) bond motifs is 1. The van der Waals surface area contributed by atoms with Gasteiger partial charge < -0.3 is 14.8 Å². The molecule has 1 atom stereocenters. The topological polar surface area (TPSA) is 73.3 Å². The average molecular weight is 471 g/mol. The molecule has 4 aromatic rings. The molecule has 0 fully saturated rings. The molecule has 0 radical (unpaired) electrons. The number of carbonyl (C=O) groups excluding carboxylic acids is 1. The first-order chi connectivity index (χ1) is 16.2. The highest BCUT2D eigenvalue weighted by atomic mass is 19.4. The molecule has 0 saturated carbocycles. The van der Waals surface area contributed by atoms with Crippen LogP contribution in [0.3, 0.4) is 0 Å². The Balaban J connectivity index is 1.34. The van der Waals surface area contributed by atoms with Gasteiger partial charge in [-0.1, -0.05) is 0 Å². The maximum Gasteiger partial charge on any atom is 0.416 e. The number of aromatic nitrogens is 2. The van der Waals surface area contributed by atoms with Crippen LogP contribution in [0.25, 0.3) is 11.0 Å². The van der Waals surface area contributed by atoms with Gasteiger partial charge in [0.05, 0.1) is 22.8 Å². The summed E-state index contributed by atoms with van der Waals surface area (Å²) in [4.78, 5) is 20.7. The highest BCUT2D eigenvalue weighted by molar-refractivity contribution is 5.94. The second kappa shape index (κ2) is 9.34. The number of nitrogens with one attached hydrogen (secondary N) is 1. The summed E-state index contributed by atoms with van der Waals surface area (Å²) in [6.45, 7) is 1.51. The molecule has 0 bridgehead atoms. The standard InChI is InChI=1S/C24H17F4N3O3/c1-14(23(32)30-17-5-2-15(3-6-17)24(26,27)28)33-18-7-9-19(10-8-18)34-22-13-29-21-12-16(25)4-11-20(21)31-22/h2-14H,1H3,(H,30,32). The molecule has 6 nitrogen and oxygen atoms in total. The number of hydrogen-bond acceptors (Lipinski definition) is 5. The van der Waals surface area contributed by atoms with Gasteiger partial charge in [0.1, 0.15) is 17.3 Å². The molecule has 0 spiro atoms. The van der Waals surface area contributed by atoms with Gasteiger partial charge >= 0.3 is 6.18 Å². The lowest BCUT2D eigenvalue weighted by Crippen LogP contribution is -2.30. The Hall–Kier alpha value is -4.21. The molecular weight excluding hydrogens is 454 g/mol. The highest BCUT2D eigenvalue weighted by Crippen LogP contribution is 2.30. The second-order valence-corrected chi connectivity index (χ2v) is 7.24. The van der Waals surface area contributed by atoms with E-state index in [0.29, 0.717) is 22.5 Å². The first-order valence-electron chi connectivity index (χ1n) is 10.0. The third-order valence-corrected chi connectivity index (χ3v) is 4.69. The van der Waals surface area contributed by atoms with Gasteiger partial charge in [0, 0.05) is 11.8 Å². The van der Waals surface area contributed by atoms with E-state index in [1.807, 2.05) is 0 Å². The molecule has 0 aliphatic carbocycles. The molecule has 1 heterocycles. The van der Waals surface area contributed by atoms with Crippen molar-refractivity contribution in [2.75, 3.05) is 5.32 Å². The Morgan fingerprint density at radius 2 is 1.62 bits per heavy atom. The van der Waals surface area contributed by atoms with Crippen molar-refractivity contribution in [3.63, 3.8) is 0 Å². The Morgan fingerprint density at radius 3 is 2.29 bits per heavy atom. The summed E-state index contributed by atoms with van der Waals surface area (Å²) in [5.74, 6) is 0.0980. The minimum atomic E-state index is -4.45. The molecule has 1 N–H and O–H groups in total. The molecule has 1 aromatic heterocycles. The number of nitrogens with zero attached hydrogens (tertiary/aromatic N) is 2. The van der Waals surface area contributed by atoms with Gasteiger partial charge in [0.2, 0.25) is 5.88 Å². The van der Waals surface area contributed by atoms with E-state index in [1.165, 1.54) is 43.5 Å². The Labute approximate surface area is 191 Å². The van der Waals surface area contributed by atoms with Crippen molar-refractivity contribution in [2.45, 2.75) is 19.2 Å². The lowest BCUT2D eigenvalue weighted by Gasteiger charge is -2.15. The second-order valence-electron chi connectivity index (χ2n) is 7.24. The van der Waals surface area contributed by atoms with Crippen molar-refractivity contribution in [2.24, 2.45) is 0 Å². The summed E-state index contributed by atoms with van der Waals surface area (Å²) >= 11 is 0. The zero-order valence-corrected chi connectivity index (χ0v) is 17.6. The molecule has 3 aromatic carbocycles. The third kappa shape index (κ3) is 5.58. The monoisotopic (exact) mass is 471 g/mol. The zero-order valence-electron chi connectivity index (χ0n) is 17.6. The molecule has 4 rings (SSSR count). The van der Waals surface area contributed by atoms with E-state index in [2.05, 4.69) is 15.3 Å². The first kappa shape index (κ1) is 23.0.